The molecule has 1 aromatic carbocycles. The predicted octanol–water partition coefficient (Wildman–Crippen LogP) is 2.22. The molecule has 16 heavy (non-hydrogen) atoms. The van der Waals surface area contributed by atoms with Crippen LogP contribution in [0.25, 0.3) is 10.9 Å². The van der Waals surface area contributed by atoms with Gasteiger partial charge in [0.1, 0.15) is 0 Å². The van der Waals surface area contributed by atoms with Crippen molar-refractivity contribution in [2.24, 2.45) is 12.8 Å². The lowest BCUT2D eigenvalue weighted by molar-refractivity contribution is 0.704. The van der Waals surface area contributed by atoms with Crippen LogP contribution in [-0.2, 0) is 12.5 Å². The van der Waals surface area contributed by atoms with E-state index in [0.29, 0.717) is 5.15 Å². The molecule has 1 saturated carbocycles. The minimum absolute atomic E-state index is 0.227. The van der Waals surface area contributed by atoms with Crippen LogP contribution in [0.5, 0.6) is 0 Å². The Bertz CT molecular complexity index is 555. The first-order valence-corrected chi connectivity index (χ1v) is 5.87. The van der Waals surface area contributed by atoms with Gasteiger partial charge in [0, 0.05) is 24.4 Å². The van der Waals surface area contributed by atoms with Gasteiger partial charge in [-0.05, 0) is 30.5 Å². The van der Waals surface area contributed by atoms with Crippen molar-refractivity contribution in [1.82, 2.24) is 9.78 Å². The normalized spacial score (nSPS) is 17.9. The van der Waals surface area contributed by atoms with Crippen LogP contribution in [0.2, 0.25) is 5.15 Å². The van der Waals surface area contributed by atoms with Crippen molar-refractivity contribution in [3.8, 4) is 0 Å². The van der Waals surface area contributed by atoms with Crippen LogP contribution >= 0.6 is 11.6 Å². The summed E-state index contributed by atoms with van der Waals surface area (Å²) in [4.78, 5) is 0. The molecule has 1 aromatic heterocycles. The molecule has 1 fully saturated rings. The summed E-state index contributed by atoms with van der Waals surface area (Å²) in [5, 5.41) is 5.80. The molecular weight excluding hydrogens is 222 g/mol. The topological polar surface area (TPSA) is 43.8 Å². The summed E-state index contributed by atoms with van der Waals surface area (Å²) in [5.74, 6) is 0. The Kier molecular flexibility index (Phi) is 2.03. The van der Waals surface area contributed by atoms with E-state index in [1.807, 2.05) is 11.7 Å². The van der Waals surface area contributed by atoms with Gasteiger partial charge in [0.05, 0.1) is 5.52 Å². The zero-order chi connectivity index (χ0) is 11.3. The minimum atomic E-state index is 0.227. The van der Waals surface area contributed by atoms with E-state index in [1.165, 1.54) is 18.4 Å². The number of rotatable bonds is 2. The molecule has 4 heteroatoms. The van der Waals surface area contributed by atoms with Crippen molar-refractivity contribution in [1.29, 1.82) is 0 Å². The number of hydrogen-bond acceptors (Lipinski definition) is 2. The van der Waals surface area contributed by atoms with Gasteiger partial charge in [0.25, 0.3) is 0 Å². The summed E-state index contributed by atoms with van der Waals surface area (Å²) < 4.78 is 1.83. The molecule has 0 unspecified atom stereocenters. The van der Waals surface area contributed by atoms with Gasteiger partial charge in [-0.1, -0.05) is 17.7 Å². The van der Waals surface area contributed by atoms with Crippen molar-refractivity contribution in [3.63, 3.8) is 0 Å². The zero-order valence-electron chi connectivity index (χ0n) is 9.20. The largest absolute Gasteiger partial charge is 0.330 e. The van der Waals surface area contributed by atoms with Gasteiger partial charge in [-0.3, -0.25) is 4.68 Å². The summed E-state index contributed by atoms with van der Waals surface area (Å²) in [6.07, 6.45) is 2.39. The van der Waals surface area contributed by atoms with E-state index < -0.39 is 0 Å². The Morgan fingerprint density at radius 2 is 2.25 bits per heavy atom. The van der Waals surface area contributed by atoms with Crippen LogP contribution in [0.4, 0.5) is 0 Å². The Hall–Kier alpha value is -1.06. The average Bonchev–Trinajstić information content (AvgIpc) is 3.04. The Morgan fingerprint density at radius 1 is 1.50 bits per heavy atom. The molecule has 0 saturated heterocycles. The number of aromatic nitrogens is 2. The summed E-state index contributed by atoms with van der Waals surface area (Å²) in [5.41, 5.74) is 8.47. The highest BCUT2D eigenvalue weighted by Crippen LogP contribution is 2.47. The summed E-state index contributed by atoms with van der Waals surface area (Å²) >= 11 is 6.04. The highest BCUT2D eigenvalue weighted by molar-refractivity contribution is 6.34. The van der Waals surface area contributed by atoms with Crippen LogP contribution in [0.3, 0.4) is 0 Å². The molecule has 1 heterocycles. The number of hydrogen-bond donors (Lipinski definition) is 1. The first-order valence-electron chi connectivity index (χ1n) is 5.49. The van der Waals surface area contributed by atoms with E-state index >= 15 is 0 Å². The maximum Gasteiger partial charge on any atom is 0.158 e. The molecule has 2 N–H and O–H groups in total. The molecule has 0 bridgehead atoms. The maximum absolute atomic E-state index is 6.04. The maximum atomic E-state index is 6.04. The molecule has 84 valence electrons. The number of aryl methyl sites for hydroxylation is 1. The smallest absolute Gasteiger partial charge is 0.158 e. The monoisotopic (exact) mass is 235 g/mol. The molecular formula is C12H14ClN3. The summed E-state index contributed by atoms with van der Waals surface area (Å²) in [7, 11) is 1.92. The van der Waals surface area contributed by atoms with E-state index in [0.717, 1.165) is 17.4 Å². The lowest BCUT2D eigenvalue weighted by Gasteiger charge is -2.12. The van der Waals surface area contributed by atoms with E-state index in [-0.39, 0.29) is 5.41 Å². The first-order chi connectivity index (χ1) is 7.66. The highest BCUT2D eigenvalue weighted by atomic mass is 35.5. The Balaban J connectivity index is 2.19. The second-order valence-corrected chi connectivity index (χ2v) is 4.99. The van der Waals surface area contributed by atoms with Crippen molar-refractivity contribution in [2.75, 3.05) is 6.54 Å². The lowest BCUT2D eigenvalue weighted by atomic mass is 9.95. The number of nitrogens with zero attached hydrogens (tertiary/aromatic N) is 2. The fourth-order valence-electron chi connectivity index (χ4n) is 2.30. The van der Waals surface area contributed by atoms with E-state index in [4.69, 9.17) is 17.3 Å². The fourth-order valence-corrected chi connectivity index (χ4v) is 2.58. The van der Waals surface area contributed by atoms with Crippen LogP contribution in [-0.4, -0.2) is 16.3 Å². The third-order valence-corrected chi connectivity index (χ3v) is 3.94. The Labute approximate surface area is 99.2 Å². The van der Waals surface area contributed by atoms with E-state index in [9.17, 15) is 0 Å². The molecule has 3 rings (SSSR count). The van der Waals surface area contributed by atoms with Crippen molar-refractivity contribution in [2.45, 2.75) is 18.3 Å². The number of nitrogens with two attached hydrogens (primary N) is 1. The molecule has 1 aliphatic carbocycles. The van der Waals surface area contributed by atoms with Gasteiger partial charge in [0.2, 0.25) is 0 Å². The zero-order valence-corrected chi connectivity index (χ0v) is 9.96. The van der Waals surface area contributed by atoms with Gasteiger partial charge in [-0.15, -0.1) is 0 Å². The number of halogens is 1. The van der Waals surface area contributed by atoms with Crippen molar-refractivity contribution < 1.29 is 0 Å². The summed E-state index contributed by atoms with van der Waals surface area (Å²) in [6.45, 7) is 0.726. The average molecular weight is 236 g/mol. The fraction of sp³-hybridized carbons (Fsp3) is 0.417. The SMILES string of the molecule is Cn1nc(Cl)c2ccc(C3(CN)CC3)cc21. The standard InChI is InChI=1S/C12H14ClN3/c1-16-10-6-8(12(7-14)4-5-12)2-3-9(10)11(13)15-16/h2-3,6H,4-5,7,14H2,1H3. The van der Waals surface area contributed by atoms with Crippen LogP contribution in [0.15, 0.2) is 18.2 Å². The molecule has 2 aromatic rings. The highest BCUT2D eigenvalue weighted by Gasteiger charge is 2.42. The summed E-state index contributed by atoms with van der Waals surface area (Å²) in [6, 6.07) is 6.36. The van der Waals surface area contributed by atoms with Crippen LogP contribution < -0.4 is 5.73 Å². The van der Waals surface area contributed by atoms with Crippen molar-refractivity contribution in [3.05, 3.63) is 28.9 Å². The third kappa shape index (κ3) is 1.28. The van der Waals surface area contributed by atoms with Gasteiger partial charge in [-0.25, -0.2) is 0 Å². The second kappa shape index (κ2) is 3.22. The molecule has 0 spiro atoms. The molecule has 3 nitrogen and oxygen atoms in total. The number of fused-ring (bicyclic) bond motifs is 1. The van der Waals surface area contributed by atoms with Gasteiger partial charge < -0.3 is 5.73 Å². The second-order valence-electron chi connectivity index (χ2n) is 4.63. The predicted molar refractivity (Wildman–Crippen MR) is 65.7 cm³/mol. The van der Waals surface area contributed by atoms with Gasteiger partial charge in [0.15, 0.2) is 5.15 Å². The van der Waals surface area contributed by atoms with Crippen molar-refractivity contribution >= 4 is 22.5 Å². The lowest BCUT2D eigenvalue weighted by Crippen LogP contribution is -2.19. The number of benzene rings is 1. The molecule has 0 amide bonds. The van der Waals surface area contributed by atoms with Crippen LogP contribution in [0.1, 0.15) is 18.4 Å². The molecule has 0 radical (unpaired) electrons. The minimum Gasteiger partial charge on any atom is -0.330 e. The first kappa shape index (κ1) is 10.1. The molecule has 0 aliphatic heterocycles. The van der Waals surface area contributed by atoms with Gasteiger partial charge >= 0.3 is 0 Å². The van der Waals surface area contributed by atoms with Crippen LogP contribution in [0, 0.1) is 0 Å². The van der Waals surface area contributed by atoms with Gasteiger partial charge in [-0.2, -0.15) is 5.10 Å². The quantitative estimate of drug-likeness (QED) is 0.868. The Morgan fingerprint density at radius 3 is 2.88 bits per heavy atom. The molecule has 0 atom stereocenters. The molecule has 1 aliphatic rings. The third-order valence-electron chi connectivity index (χ3n) is 3.66. The van der Waals surface area contributed by atoms with E-state index in [1.54, 1.807) is 0 Å². The van der Waals surface area contributed by atoms with E-state index in [2.05, 4.69) is 23.3 Å².